The van der Waals surface area contributed by atoms with E-state index in [4.69, 9.17) is 0 Å². The van der Waals surface area contributed by atoms with Crippen LogP contribution in [0.25, 0.3) is 0 Å². The molecule has 1 saturated heterocycles. The van der Waals surface area contributed by atoms with Crippen LogP contribution < -0.4 is 15.0 Å². The van der Waals surface area contributed by atoms with Gasteiger partial charge in [0.05, 0.1) is 5.56 Å². The van der Waals surface area contributed by atoms with Crippen LogP contribution in [0.15, 0.2) is 24.3 Å². The van der Waals surface area contributed by atoms with Gasteiger partial charge in [-0.2, -0.15) is 8.78 Å². The highest BCUT2D eigenvalue weighted by Crippen LogP contribution is 2.30. The van der Waals surface area contributed by atoms with E-state index in [0.717, 1.165) is 12.1 Å². The van der Waals surface area contributed by atoms with Crippen molar-refractivity contribution in [1.82, 2.24) is 5.32 Å². The number of amides is 3. The molecule has 28 heavy (non-hydrogen) atoms. The second-order valence-corrected chi connectivity index (χ2v) is 5.59. The van der Waals surface area contributed by atoms with E-state index in [1.54, 1.807) is 0 Å². The second-order valence-electron chi connectivity index (χ2n) is 5.59. The number of halogens is 5. The molecule has 2 aromatic rings. The number of nitrogens with one attached hydrogen (secondary N) is 1. The summed E-state index contributed by atoms with van der Waals surface area (Å²) in [6.45, 7) is 0.0962. The first-order chi connectivity index (χ1) is 13.2. The van der Waals surface area contributed by atoms with Crippen molar-refractivity contribution in [2.75, 3.05) is 11.4 Å². The minimum Gasteiger partial charge on any atom is -0.416 e. The summed E-state index contributed by atoms with van der Waals surface area (Å²) in [6, 6.07) is 4.13. The van der Waals surface area contributed by atoms with Crippen molar-refractivity contribution >= 4 is 23.6 Å². The molecule has 0 unspecified atom stereocenters. The minimum atomic E-state index is -2.38. The molecule has 1 N–H and O–H groups in total. The van der Waals surface area contributed by atoms with Crippen molar-refractivity contribution in [2.45, 2.75) is 6.42 Å². The third kappa shape index (κ3) is 3.38. The molecule has 3 rings (SSSR count). The highest BCUT2D eigenvalue weighted by Gasteiger charge is 2.29. The molecular formula is C17H9F5N2O4. The quantitative estimate of drug-likeness (QED) is 0.283. The van der Waals surface area contributed by atoms with Gasteiger partial charge in [0.1, 0.15) is 0 Å². The third-order valence-corrected chi connectivity index (χ3v) is 3.83. The Morgan fingerprint density at radius 2 is 1.43 bits per heavy atom. The van der Waals surface area contributed by atoms with Crippen LogP contribution >= 0.6 is 0 Å². The predicted octanol–water partition coefficient (Wildman–Crippen LogP) is 3.05. The van der Waals surface area contributed by atoms with E-state index >= 15 is 0 Å². The number of esters is 1. The number of anilines is 1. The van der Waals surface area contributed by atoms with E-state index in [-0.39, 0.29) is 18.5 Å². The zero-order chi connectivity index (χ0) is 20.6. The van der Waals surface area contributed by atoms with Crippen LogP contribution in [-0.2, 0) is 4.79 Å². The van der Waals surface area contributed by atoms with Crippen molar-refractivity contribution in [1.29, 1.82) is 0 Å². The molecule has 2 aromatic carbocycles. The molecule has 0 spiro atoms. The Labute approximate surface area is 153 Å². The predicted molar refractivity (Wildman–Crippen MR) is 83.1 cm³/mol. The third-order valence-electron chi connectivity index (χ3n) is 3.83. The second kappa shape index (κ2) is 7.25. The topological polar surface area (TPSA) is 75.7 Å². The zero-order valence-electron chi connectivity index (χ0n) is 13.7. The van der Waals surface area contributed by atoms with E-state index in [2.05, 4.69) is 10.1 Å². The van der Waals surface area contributed by atoms with E-state index in [9.17, 15) is 36.3 Å². The lowest BCUT2D eigenvalue weighted by Gasteiger charge is -2.26. The fraction of sp³-hybridized carbons (Fsp3) is 0.118. The number of carbonyl (C=O) groups is 3. The van der Waals surface area contributed by atoms with Crippen molar-refractivity contribution in [3.63, 3.8) is 0 Å². The molecule has 0 aromatic heterocycles. The molecule has 146 valence electrons. The number of rotatable bonds is 3. The monoisotopic (exact) mass is 400 g/mol. The van der Waals surface area contributed by atoms with Gasteiger partial charge >= 0.3 is 12.0 Å². The largest absolute Gasteiger partial charge is 0.416 e. The van der Waals surface area contributed by atoms with Crippen molar-refractivity contribution in [3.8, 4) is 5.75 Å². The Kier molecular flexibility index (Phi) is 4.99. The molecule has 0 saturated carbocycles. The van der Waals surface area contributed by atoms with Crippen molar-refractivity contribution in [3.05, 3.63) is 58.9 Å². The van der Waals surface area contributed by atoms with Gasteiger partial charge in [0.2, 0.25) is 40.7 Å². The van der Waals surface area contributed by atoms with E-state index < -0.39 is 52.7 Å². The molecule has 1 fully saturated rings. The SMILES string of the molecule is O=C1CCN(c2ccc(C(=O)Oc3c(F)c(F)c(F)c(F)c3F)cc2)C(=O)N1. The zero-order valence-corrected chi connectivity index (χ0v) is 13.7. The van der Waals surface area contributed by atoms with Crippen LogP contribution in [0.5, 0.6) is 5.75 Å². The number of hydrogen-bond acceptors (Lipinski definition) is 4. The summed E-state index contributed by atoms with van der Waals surface area (Å²) in [5.41, 5.74) is 0.0268. The lowest BCUT2D eigenvalue weighted by Crippen LogP contribution is -2.49. The molecule has 0 aliphatic carbocycles. The smallest absolute Gasteiger partial charge is 0.343 e. The average molecular weight is 400 g/mol. The molecular weight excluding hydrogens is 391 g/mol. The number of benzene rings is 2. The standard InChI is InChI=1S/C17H9F5N2O4/c18-10-11(19)13(21)15(14(22)12(10)20)28-16(26)7-1-3-8(4-2-7)24-6-5-9(25)23-17(24)27/h1-4H,5-6H2,(H,23,25,27). The summed E-state index contributed by atoms with van der Waals surface area (Å²) in [6.07, 6.45) is 0.0653. The van der Waals surface area contributed by atoms with Gasteiger partial charge in [-0.25, -0.2) is 22.8 Å². The Balaban J connectivity index is 1.81. The van der Waals surface area contributed by atoms with Gasteiger partial charge in [-0.3, -0.25) is 15.0 Å². The van der Waals surface area contributed by atoms with Gasteiger partial charge < -0.3 is 4.74 Å². The number of ether oxygens (including phenoxy) is 1. The van der Waals surface area contributed by atoms with Gasteiger partial charge in [-0.1, -0.05) is 0 Å². The van der Waals surface area contributed by atoms with E-state index in [1.807, 2.05) is 0 Å². The Morgan fingerprint density at radius 3 is 1.96 bits per heavy atom. The fourth-order valence-corrected chi connectivity index (χ4v) is 2.41. The van der Waals surface area contributed by atoms with E-state index in [1.165, 1.54) is 17.0 Å². The van der Waals surface area contributed by atoms with Gasteiger partial charge in [0, 0.05) is 18.7 Å². The number of carbonyl (C=O) groups excluding carboxylic acids is 3. The molecule has 0 bridgehead atoms. The van der Waals surface area contributed by atoms with Crippen LogP contribution in [0, 0.1) is 29.1 Å². The van der Waals surface area contributed by atoms with Gasteiger partial charge in [-0.05, 0) is 24.3 Å². The fourth-order valence-electron chi connectivity index (χ4n) is 2.41. The van der Waals surface area contributed by atoms with Crippen LogP contribution in [0.1, 0.15) is 16.8 Å². The van der Waals surface area contributed by atoms with Gasteiger partial charge in [-0.15, -0.1) is 0 Å². The summed E-state index contributed by atoms with van der Waals surface area (Å²) in [4.78, 5) is 36.1. The van der Waals surface area contributed by atoms with Crippen LogP contribution in [0.4, 0.5) is 32.4 Å². The van der Waals surface area contributed by atoms with Crippen molar-refractivity contribution < 1.29 is 41.1 Å². The normalized spacial score (nSPS) is 14.1. The van der Waals surface area contributed by atoms with Gasteiger partial charge in [0.15, 0.2) is 0 Å². The molecule has 0 radical (unpaired) electrons. The lowest BCUT2D eigenvalue weighted by atomic mass is 10.2. The first kappa shape index (κ1) is 19.3. The molecule has 3 amide bonds. The summed E-state index contributed by atoms with van der Waals surface area (Å²) in [7, 11) is 0. The Hall–Kier alpha value is -3.50. The van der Waals surface area contributed by atoms with Crippen LogP contribution in [0.3, 0.4) is 0 Å². The summed E-state index contributed by atoms with van der Waals surface area (Å²) >= 11 is 0. The molecule has 1 aliphatic heterocycles. The number of hydrogen-bond donors (Lipinski definition) is 1. The molecule has 0 atom stereocenters. The number of imide groups is 1. The summed E-state index contributed by atoms with van der Waals surface area (Å²) in [5, 5.41) is 2.10. The summed E-state index contributed by atoms with van der Waals surface area (Å²) < 4.78 is 70.8. The van der Waals surface area contributed by atoms with Gasteiger partial charge in [0.25, 0.3) is 0 Å². The maximum Gasteiger partial charge on any atom is 0.343 e. The molecule has 11 heteroatoms. The first-order valence-electron chi connectivity index (χ1n) is 7.65. The Morgan fingerprint density at radius 1 is 0.893 bits per heavy atom. The van der Waals surface area contributed by atoms with Crippen LogP contribution in [0.2, 0.25) is 0 Å². The Bertz CT molecular complexity index is 965. The van der Waals surface area contributed by atoms with E-state index in [0.29, 0.717) is 5.69 Å². The highest BCUT2D eigenvalue weighted by molar-refractivity contribution is 6.05. The average Bonchev–Trinajstić information content (AvgIpc) is 2.68. The molecule has 6 nitrogen and oxygen atoms in total. The number of urea groups is 1. The summed E-state index contributed by atoms with van der Waals surface area (Å²) in [5.74, 6) is -15.0. The maximum atomic E-state index is 13.6. The highest BCUT2D eigenvalue weighted by atomic mass is 19.2. The molecule has 1 heterocycles. The van der Waals surface area contributed by atoms with Crippen molar-refractivity contribution in [2.24, 2.45) is 0 Å². The molecule has 1 aliphatic rings. The number of nitrogens with zero attached hydrogens (tertiary/aromatic N) is 1. The minimum absolute atomic E-state index is 0.0653. The lowest BCUT2D eigenvalue weighted by molar-refractivity contribution is -0.120. The maximum absolute atomic E-state index is 13.6. The van der Waals surface area contributed by atoms with Crippen LogP contribution in [-0.4, -0.2) is 24.5 Å². The first-order valence-corrected chi connectivity index (χ1v) is 7.65.